The van der Waals surface area contributed by atoms with E-state index in [1.807, 2.05) is 0 Å². The molecule has 5 heteroatoms. The van der Waals surface area contributed by atoms with Crippen molar-refractivity contribution in [2.75, 3.05) is 24.7 Å². The molecule has 15 heavy (non-hydrogen) atoms. The summed E-state index contributed by atoms with van der Waals surface area (Å²) >= 11 is 0. The summed E-state index contributed by atoms with van der Waals surface area (Å²) in [6.07, 6.45) is 3.46. The second kappa shape index (κ2) is 5.82. The van der Waals surface area contributed by atoms with E-state index in [1.54, 1.807) is 6.92 Å². The van der Waals surface area contributed by atoms with Crippen molar-refractivity contribution in [1.29, 1.82) is 0 Å². The second-order valence-corrected chi connectivity index (χ2v) is 6.55. The molecule has 0 amide bonds. The lowest BCUT2D eigenvalue weighted by Gasteiger charge is -2.18. The molecule has 2 N–H and O–H groups in total. The Labute approximate surface area is 92.1 Å². The Morgan fingerprint density at radius 2 is 2.13 bits per heavy atom. The van der Waals surface area contributed by atoms with Gasteiger partial charge < -0.3 is 10.5 Å². The molecule has 2 atom stereocenters. The molecule has 0 aromatic heterocycles. The van der Waals surface area contributed by atoms with Gasteiger partial charge in [0.1, 0.15) is 0 Å². The zero-order chi connectivity index (χ0) is 11.3. The number of sulfone groups is 1. The molecule has 0 aromatic carbocycles. The molecule has 0 saturated heterocycles. The maximum absolute atomic E-state index is 11.2. The van der Waals surface area contributed by atoms with Gasteiger partial charge in [0, 0.05) is 5.75 Å². The monoisotopic (exact) mass is 235 g/mol. The maximum atomic E-state index is 11.2. The standard InChI is InChI=1S/C10H21NO3S/c1-2-15(12,13)7-6-14-10-5-3-4-9(10)8-11/h9-10H,2-8,11H2,1H3. The third kappa shape index (κ3) is 4.09. The van der Waals surface area contributed by atoms with Gasteiger partial charge >= 0.3 is 0 Å². The minimum absolute atomic E-state index is 0.136. The summed E-state index contributed by atoms with van der Waals surface area (Å²) in [6.45, 7) is 2.62. The van der Waals surface area contributed by atoms with Crippen LogP contribution in [0.2, 0.25) is 0 Å². The van der Waals surface area contributed by atoms with E-state index in [0.29, 0.717) is 19.1 Å². The average molecular weight is 235 g/mol. The first kappa shape index (κ1) is 12.9. The molecule has 1 aliphatic carbocycles. The minimum Gasteiger partial charge on any atom is -0.377 e. The predicted molar refractivity (Wildman–Crippen MR) is 60.5 cm³/mol. The summed E-state index contributed by atoms with van der Waals surface area (Å²) < 4.78 is 28.0. The van der Waals surface area contributed by atoms with Gasteiger partial charge in [-0.3, -0.25) is 0 Å². The first-order valence-electron chi connectivity index (χ1n) is 5.61. The largest absolute Gasteiger partial charge is 0.377 e. The van der Waals surface area contributed by atoms with E-state index in [-0.39, 0.29) is 17.6 Å². The van der Waals surface area contributed by atoms with Gasteiger partial charge in [-0.15, -0.1) is 0 Å². The van der Waals surface area contributed by atoms with Crippen LogP contribution < -0.4 is 5.73 Å². The minimum atomic E-state index is -2.89. The van der Waals surface area contributed by atoms with E-state index in [2.05, 4.69) is 0 Å². The van der Waals surface area contributed by atoms with Crippen LogP contribution in [-0.2, 0) is 14.6 Å². The van der Waals surface area contributed by atoms with Gasteiger partial charge in [-0.05, 0) is 25.3 Å². The zero-order valence-corrected chi connectivity index (χ0v) is 10.1. The van der Waals surface area contributed by atoms with Gasteiger partial charge in [0.2, 0.25) is 0 Å². The lowest BCUT2D eigenvalue weighted by atomic mass is 10.1. The summed E-state index contributed by atoms with van der Waals surface area (Å²) in [5.41, 5.74) is 5.61. The highest BCUT2D eigenvalue weighted by molar-refractivity contribution is 7.91. The molecule has 1 aliphatic rings. The Balaban J connectivity index is 2.25. The SMILES string of the molecule is CCS(=O)(=O)CCOC1CCCC1CN. The quantitative estimate of drug-likeness (QED) is 0.730. The summed E-state index contributed by atoms with van der Waals surface area (Å²) in [6, 6.07) is 0. The normalized spacial score (nSPS) is 27.1. The lowest BCUT2D eigenvalue weighted by molar-refractivity contribution is 0.0399. The van der Waals surface area contributed by atoms with Crippen LogP contribution in [0.3, 0.4) is 0 Å². The first-order chi connectivity index (χ1) is 7.09. The van der Waals surface area contributed by atoms with Gasteiger partial charge in [-0.25, -0.2) is 8.42 Å². The molecule has 0 spiro atoms. The van der Waals surface area contributed by atoms with E-state index in [0.717, 1.165) is 19.3 Å². The number of ether oxygens (including phenoxy) is 1. The van der Waals surface area contributed by atoms with E-state index < -0.39 is 9.84 Å². The highest BCUT2D eigenvalue weighted by Crippen LogP contribution is 2.27. The van der Waals surface area contributed by atoms with Crippen molar-refractivity contribution < 1.29 is 13.2 Å². The van der Waals surface area contributed by atoms with Gasteiger partial charge in [0.05, 0.1) is 18.5 Å². The Kier molecular flexibility index (Phi) is 5.02. The molecule has 1 rings (SSSR count). The Morgan fingerprint density at radius 3 is 2.73 bits per heavy atom. The van der Waals surface area contributed by atoms with Crippen molar-refractivity contribution in [2.24, 2.45) is 11.7 Å². The topological polar surface area (TPSA) is 69.4 Å². The van der Waals surface area contributed by atoms with Crippen molar-refractivity contribution in [3.8, 4) is 0 Å². The van der Waals surface area contributed by atoms with E-state index in [4.69, 9.17) is 10.5 Å². The summed E-state index contributed by atoms with van der Waals surface area (Å²) in [5, 5.41) is 0. The fourth-order valence-electron chi connectivity index (χ4n) is 1.96. The van der Waals surface area contributed by atoms with Crippen LogP contribution in [0.1, 0.15) is 26.2 Å². The fraction of sp³-hybridized carbons (Fsp3) is 1.00. The van der Waals surface area contributed by atoms with Gasteiger partial charge in [0.25, 0.3) is 0 Å². The predicted octanol–water partition coefficient (Wildman–Crippen LogP) is 0.565. The van der Waals surface area contributed by atoms with Crippen molar-refractivity contribution in [3.05, 3.63) is 0 Å². The molecule has 2 unspecified atom stereocenters. The third-order valence-electron chi connectivity index (χ3n) is 3.06. The molecule has 4 nitrogen and oxygen atoms in total. The first-order valence-corrected chi connectivity index (χ1v) is 7.43. The van der Waals surface area contributed by atoms with Gasteiger partial charge in [-0.1, -0.05) is 13.3 Å². The van der Waals surface area contributed by atoms with Crippen molar-refractivity contribution in [2.45, 2.75) is 32.3 Å². The number of nitrogens with two attached hydrogens (primary N) is 1. The molecule has 0 aromatic rings. The van der Waals surface area contributed by atoms with Crippen molar-refractivity contribution in [1.82, 2.24) is 0 Å². The van der Waals surface area contributed by atoms with Crippen LogP contribution in [0.4, 0.5) is 0 Å². The Bertz CT molecular complexity index is 276. The van der Waals surface area contributed by atoms with Crippen LogP contribution in [0, 0.1) is 5.92 Å². The summed E-state index contributed by atoms with van der Waals surface area (Å²) in [4.78, 5) is 0. The number of rotatable bonds is 6. The van der Waals surface area contributed by atoms with Crippen molar-refractivity contribution >= 4 is 9.84 Å². The smallest absolute Gasteiger partial charge is 0.152 e. The molecule has 0 heterocycles. The van der Waals surface area contributed by atoms with E-state index >= 15 is 0 Å². The fourth-order valence-corrected chi connectivity index (χ4v) is 2.60. The van der Waals surface area contributed by atoms with E-state index in [9.17, 15) is 8.42 Å². The molecule has 0 aliphatic heterocycles. The highest BCUT2D eigenvalue weighted by atomic mass is 32.2. The number of hydrogen-bond acceptors (Lipinski definition) is 4. The molecule has 0 bridgehead atoms. The Hall–Kier alpha value is -0.130. The van der Waals surface area contributed by atoms with Crippen LogP contribution in [0.15, 0.2) is 0 Å². The molecule has 1 fully saturated rings. The average Bonchev–Trinajstić information content (AvgIpc) is 2.65. The van der Waals surface area contributed by atoms with Gasteiger partial charge in [0.15, 0.2) is 9.84 Å². The van der Waals surface area contributed by atoms with Crippen LogP contribution in [0.5, 0.6) is 0 Å². The molecule has 90 valence electrons. The van der Waals surface area contributed by atoms with Crippen LogP contribution in [-0.4, -0.2) is 39.2 Å². The van der Waals surface area contributed by atoms with Crippen LogP contribution >= 0.6 is 0 Å². The molecule has 0 radical (unpaired) electrons. The summed E-state index contributed by atoms with van der Waals surface area (Å²) in [5.74, 6) is 0.757. The molecular weight excluding hydrogens is 214 g/mol. The second-order valence-electron chi connectivity index (χ2n) is 4.07. The van der Waals surface area contributed by atoms with Crippen LogP contribution in [0.25, 0.3) is 0 Å². The molecular formula is C10H21NO3S. The van der Waals surface area contributed by atoms with Gasteiger partial charge in [-0.2, -0.15) is 0 Å². The van der Waals surface area contributed by atoms with Crippen molar-refractivity contribution in [3.63, 3.8) is 0 Å². The number of hydrogen-bond donors (Lipinski definition) is 1. The zero-order valence-electron chi connectivity index (χ0n) is 9.31. The highest BCUT2D eigenvalue weighted by Gasteiger charge is 2.26. The maximum Gasteiger partial charge on any atom is 0.152 e. The Morgan fingerprint density at radius 1 is 1.40 bits per heavy atom. The lowest BCUT2D eigenvalue weighted by Crippen LogP contribution is -2.27. The van der Waals surface area contributed by atoms with E-state index in [1.165, 1.54) is 0 Å². The third-order valence-corrected chi connectivity index (χ3v) is 4.73. The molecule has 1 saturated carbocycles. The summed E-state index contributed by atoms with van der Waals surface area (Å²) in [7, 11) is -2.89.